The Bertz CT molecular complexity index is 408. The van der Waals surface area contributed by atoms with E-state index in [4.69, 9.17) is 4.74 Å². The van der Waals surface area contributed by atoms with E-state index in [1.807, 2.05) is 18.8 Å². The average molecular weight is 311 g/mol. The summed E-state index contributed by atoms with van der Waals surface area (Å²) in [6.45, 7) is 10.1. The number of nitrogens with zero attached hydrogens (tertiary/aromatic N) is 1. The zero-order chi connectivity index (χ0) is 15.7. The van der Waals surface area contributed by atoms with Crippen molar-refractivity contribution < 1.29 is 4.74 Å². The predicted octanol–water partition coefficient (Wildman–Crippen LogP) is 3.55. The summed E-state index contributed by atoms with van der Waals surface area (Å²) in [5.74, 6) is 3.17. The molecule has 0 aliphatic carbocycles. The van der Waals surface area contributed by atoms with E-state index in [9.17, 15) is 0 Å². The summed E-state index contributed by atoms with van der Waals surface area (Å²) < 4.78 is 5.49. The summed E-state index contributed by atoms with van der Waals surface area (Å²) >= 11 is 1.98. The fourth-order valence-electron chi connectivity index (χ4n) is 2.26. The lowest BCUT2D eigenvalue weighted by atomic mass is 10.1. The van der Waals surface area contributed by atoms with Gasteiger partial charge in [-0.2, -0.15) is 11.8 Å². The van der Waals surface area contributed by atoms with Gasteiger partial charge in [0.25, 0.3) is 0 Å². The molecule has 0 radical (unpaired) electrons. The third kappa shape index (κ3) is 5.89. The molecular weight excluding hydrogens is 280 g/mol. The first kappa shape index (κ1) is 18.3. The van der Waals surface area contributed by atoms with Gasteiger partial charge in [-0.25, -0.2) is 0 Å². The standard InChI is InChI=1S/C17H30N2OS/c1-6-19(7-2)10-11-21-13-16-12-15(14(3)18-4)8-9-17(16)20-5/h8-9,12,14,18H,6-7,10-11,13H2,1-5H3. The Kier molecular flexibility index (Phi) is 8.81. The summed E-state index contributed by atoms with van der Waals surface area (Å²) in [6.07, 6.45) is 0. The fraction of sp³-hybridized carbons (Fsp3) is 0.647. The highest BCUT2D eigenvalue weighted by Crippen LogP contribution is 2.26. The number of hydrogen-bond donors (Lipinski definition) is 1. The van der Waals surface area contributed by atoms with Crippen LogP contribution in [0.5, 0.6) is 5.75 Å². The number of hydrogen-bond acceptors (Lipinski definition) is 4. The third-order valence-electron chi connectivity index (χ3n) is 3.94. The van der Waals surface area contributed by atoms with Crippen LogP contribution in [0.1, 0.15) is 37.9 Å². The summed E-state index contributed by atoms with van der Waals surface area (Å²) in [4.78, 5) is 2.46. The van der Waals surface area contributed by atoms with Crippen molar-refractivity contribution in [2.75, 3.05) is 39.5 Å². The van der Waals surface area contributed by atoms with E-state index >= 15 is 0 Å². The quantitative estimate of drug-likeness (QED) is 0.668. The van der Waals surface area contributed by atoms with Crippen LogP contribution in [0, 0.1) is 0 Å². The van der Waals surface area contributed by atoms with Crippen molar-refractivity contribution in [1.29, 1.82) is 0 Å². The van der Waals surface area contributed by atoms with Gasteiger partial charge in [-0.1, -0.05) is 19.9 Å². The Labute approximate surface area is 134 Å². The second-order valence-corrected chi connectivity index (χ2v) is 6.27. The second kappa shape index (κ2) is 10.1. The number of thioether (sulfide) groups is 1. The van der Waals surface area contributed by atoms with Crippen molar-refractivity contribution in [1.82, 2.24) is 10.2 Å². The van der Waals surface area contributed by atoms with Crippen molar-refractivity contribution in [3.63, 3.8) is 0 Å². The molecule has 1 unspecified atom stereocenters. The highest BCUT2D eigenvalue weighted by Gasteiger charge is 2.09. The van der Waals surface area contributed by atoms with Crippen LogP contribution in [-0.2, 0) is 5.75 Å². The molecule has 1 aromatic carbocycles. The highest BCUT2D eigenvalue weighted by atomic mass is 32.2. The van der Waals surface area contributed by atoms with Gasteiger partial charge in [0.1, 0.15) is 5.75 Å². The maximum atomic E-state index is 5.49. The minimum absolute atomic E-state index is 0.371. The van der Waals surface area contributed by atoms with Crippen LogP contribution in [0.25, 0.3) is 0 Å². The van der Waals surface area contributed by atoms with Crippen LogP contribution >= 0.6 is 11.8 Å². The number of methoxy groups -OCH3 is 1. The summed E-state index contributed by atoms with van der Waals surface area (Å²) in [7, 11) is 3.74. The van der Waals surface area contributed by atoms with Gasteiger partial charge in [-0.05, 0) is 44.8 Å². The molecule has 0 bridgehead atoms. The van der Waals surface area contributed by atoms with Gasteiger partial charge < -0.3 is 15.0 Å². The molecular formula is C17H30N2OS. The Hall–Kier alpha value is -0.710. The Balaban J connectivity index is 2.59. The maximum absolute atomic E-state index is 5.49. The van der Waals surface area contributed by atoms with Gasteiger partial charge in [-0.15, -0.1) is 0 Å². The molecule has 3 nitrogen and oxygen atoms in total. The molecule has 0 aliphatic rings. The van der Waals surface area contributed by atoms with Crippen molar-refractivity contribution in [2.45, 2.75) is 32.6 Å². The van der Waals surface area contributed by atoms with Crippen LogP contribution in [0.4, 0.5) is 0 Å². The molecule has 0 amide bonds. The number of rotatable bonds is 10. The normalized spacial score (nSPS) is 12.7. The molecule has 0 spiro atoms. The zero-order valence-electron chi connectivity index (χ0n) is 14.1. The first-order valence-electron chi connectivity index (χ1n) is 7.80. The van der Waals surface area contributed by atoms with E-state index in [1.165, 1.54) is 11.1 Å². The van der Waals surface area contributed by atoms with E-state index in [0.29, 0.717) is 6.04 Å². The predicted molar refractivity (Wildman–Crippen MR) is 94.4 cm³/mol. The Morgan fingerprint density at radius 2 is 2.00 bits per heavy atom. The number of nitrogens with one attached hydrogen (secondary N) is 1. The van der Waals surface area contributed by atoms with E-state index in [0.717, 1.165) is 36.9 Å². The van der Waals surface area contributed by atoms with Crippen LogP contribution in [-0.4, -0.2) is 44.4 Å². The van der Waals surface area contributed by atoms with E-state index < -0.39 is 0 Å². The lowest BCUT2D eigenvalue weighted by molar-refractivity contribution is 0.324. The van der Waals surface area contributed by atoms with Gasteiger partial charge in [0.05, 0.1) is 7.11 Å². The summed E-state index contributed by atoms with van der Waals surface area (Å²) in [5.41, 5.74) is 2.61. The van der Waals surface area contributed by atoms with Gasteiger partial charge in [0, 0.05) is 29.7 Å². The highest BCUT2D eigenvalue weighted by molar-refractivity contribution is 7.98. The summed E-state index contributed by atoms with van der Waals surface area (Å²) in [6, 6.07) is 6.87. The number of ether oxygens (including phenoxy) is 1. The molecule has 0 fully saturated rings. The lowest BCUT2D eigenvalue weighted by Gasteiger charge is -2.18. The molecule has 1 N–H and O–H groups in total. The molecule has 0 saturated carbocycles. The third-order valence-corrected chi connectivity index (χ3v) is 4.93. The first-order chi connectivity index (χ1) is 10.2. The van der Waals surface area contributed by atoms with Crippen molar-refractivity contribution in [2.24, 2.45) is 0 Å². The van der Waals surface area contributed by atoms with Crippen LogP contribution in [0.15, 0.2) is 18.2 Å². The van der Waals surface area contributed by atoms with Gasteiger partial charge in [-0.3, -0.25) is 0 Å². The minimum atomic E-state index is 0.371. The molecule has 0 aromatic heterocycles. The average Bonchev–Trinajstić information content (AvgIpc) is 2.54. The number of benzene rings is 1. The van der Waals surface area contributed by atoms with Crippen molar-refractivity contribution in [3.05, 3.63) is 29.3 Å². The van der Waals surface area contributed by atoms with Gasteiger partial charge in [0.15, 0.2) is 0 Å². The molecule has 1 atom stereocenters. The second-order valence-electron chi connectivity index (χ2n) is 5.16. The topological polar surface area (TPSA) is 24.5 Å². The van der Waals surface area contributed by atoms with E-state index in [2.05, 4.69) is 49.2 Å². The molecule has 0 saturated heterocycles. The molecule has 0 heterocycles. The molecule has 21 heavy (non-hydrogen) atoms. The Morgan fingerprint density at radius 1 is 1.29 bits per heavy atom. The maximum Gasteiger partial charge on any atom is 0.122 e. The van der Waals surface area contributed by atoms with Crippen molar-refractivity contribution >= 4 is 11.8 Å². The smallest absolute Gasteiger partial charge is 0.122 e. The molecule has 4 heteroatoms. The van der Waals surface area contributed by atoms with E-state index in [1.54, 1.807) is 7.11 Å². The molecule has 120 valence electrons. The zero-order valence-corrected chi connectivity index (χ0v) is 14.9. The minimum Gasteiger partial charge on any atom is -0.496 e. The van der Waals surface area contributed by atoms with Gasteiger partial charge >= 0.3 is 0 Å². The first-order valence-corrected chi connectivity index (χ1v) is 8.95. The molecule has 0 aliphatic heterocycles. The largest absolute Gasteiger partial charge is 0.496 e. The van der Waals surface area contributed by atoms with Crippen LogP contribution < -0.4 is 10.1 Å². The van der Waals surface area contributed by atoms with Gasteiger partial charge in [0.2, 0.25) is 0 Å². The van der Waals surface area contributed by atoms with Crippen molar-refractivity contribution in [3.8, 4) is 5.75 Å². The van der Waals surface area contributed by atoms with Crippen LogP contribution in [0.3, 0.4) is 0 Å². The summed E-state index contributed by atoms with van der Waals surface area (Å²) in [5, 5.41) is 3.29. The SMILES string of the molecule is CCN(CC)CCSCc1cc(C(C)NC)ccc1OC. The Morgan fingerprint density at radius 3 is 2.57 bits per heavy atom. The molecule has 1 aromatic rings. The lowest BCUT2D eigenvalue weighted by Crippen LogP contribution is -2.25. The van der Waals surface area contributed by atoms with E-state index in [-0.39, 0.29) is 0 Å². The molecule has 1 rings (SSSR count). The fourth-order valence-corrected chi connectivity index (χ4v) is 3.24. The van der Waals surface area contributed by atoms with Crippen LogP contribution in [0.2, 0.25) is 0 Å². The monoisotopic (exact) mass is 310 g/mol.